The Balaban J connectivity index is 2.68. The maximum absolute atomic E-state index is 10.5. The van der Waals surface area contributed by atoms with Crippen LogP contribution in [-0.2, 0) is 9.53 Å². The third-order valence-corrected chi connectivity index (χ3v) is 1.57. The van der Waals surface area contributed by atoms with Crippen LogP contribution < -0.4 is 0 Å². The van der Waals surface area contributed by atoms with Crippen LogP contribution in [0, 0.1) is 0 Å². The van der Waals surface area contributed by atoms with Gasteiger partial charge in [-0.05, 0) is 6.92 Å². The molecule has 0 aromatic heterocycles. The predicted molar refractivity (Wildman–Crippen MR) is 29.8 cm³/mol. The van der Waals surface area contributed by atoms with Crippen LogP contribution in [0.15, 0.2) is 0 Å². The number of rotatable bonds is 0. The van der Waals surface area contributed by atoms with Gasteiger partial charge in [-0.1, -0.05) is 0 Å². The fourth-order valence-corrected chi connectivity index (χ4v) is 0.720. The van der Waals surface area contributed by atoms with E-state index in [0.29, 0.717) is 13.0 Å². The first kappa shape index (κ1) is 5.89. The average molecular weight is 135 g/mol. The molecular formula is C5H7ClO2. The van der Waals surface area contributed by atoms with E-state index in [0.717, 1.165) is 0 Å². The van der Waals surface area contributed by atoms with Gasteiger partial charge in [0.15, 0.2) is 0 Å². The molecule has 1 aliphatic heterocycles. The fourth-order valence-electron chi connectivity index (χ4n) is 0.588. The monoisotopic (exact) mass is 134 g/mol. The first-order valence-electron chi connectivity index (χ1n) is 2.49. The van der Waals surface area contributed by atoms with Crippen molar-refractivity contribution in [3.05, 3.63) is 0 Å². The average Bonchev–Trinajstić information content (AvgIpc) is 1.86. The molecule has 1 saturated heterocycles. The zero-order chi connectivity index (χ0) is 6.20. The van der Waals surface area contributed by atoms with Gasteiger partial charge in [-0.25, -0.2) is 0 Å². The minimum Gasteiger partial charge on any atom is -0.464 e. The molecule has 0 amide bonds. The van der Waals surface area contributed by atoms with E-state index >= 15 is 0 Å². The molecule has 46 valence electrons. The lowest BCUT2D eigenvalue weighted by molar-refractivity contribution is -0.139. The lowest BCUT2D eigenvalue weighted by atomic mass is 10.1. The molecule has 8 heavy (non-hydrogen) atoms. The lowest BCUT2D eigenvalue weighted by Crippen LogP contribution is -2.21. The maximum Gasteiger partial charge on any atom is 0.327 e. The molecule has 2 nitrogen and oxygen atoms in total. The van der Waals surface area contributed by atoms with E-state index in [4.69, 9.17) is 11.6 Å². The van der Waals surface area contributed by atoms with E-state index in [9.17, 15) is 4.79 Å². The smallest absolute Gasteiger partial charge is 0.327 e. The molecule has 0 radical (unpaired) electrons. The minimum absolute atomic E-state index is 0.292. The van der Waals surface area contributed by atoms with Crippen molar-refractivity contribution in [3.8, 4) is 0 Å². The number of alkyl halides is 1. The van der Waals surface area contributed by atoms with Gasteiger partial charge in [-0.2, -0.15) is 0 Å². The van der Waals surface area contributed by atoms with Crippen LogP contribution >= 0.6 is 11.6 Å². The van der Waals surface area contributed by atoms with Gasteiger partial charge < -0.3 is 4.74 Å². The van der Waals surface area contributed by atoms with Crippen molar-refractivity contribution >= 4 is 17.6 Å². The quantitative estimate of drug-likeness (QED) is 0.364. The molecule has 1 unspecified atom stereocenters. The number of cyclic esters (lactones) is 1. The standard InChI is InChI=1S/C5H7ClO2/c1-5(6)2-3-8-4(5)7/h2-3H2,1H3. The van der Waals surface area contributed by atoms with E-state index in [1.54, 1.807) is 6.92 Å². The van der Waals surface area contributed by atoms with Gasteiger partial charge in [0.1, 0.15) is 4.87 Å². The Labute approximate surface area is 52.8 Å². The number of halogens is 1. The number of hydrogen-bond donors (Lipinski definition) is 0. The molecule has 3 heteroatoms. The summed E-state index contributed by atoms with van der Waals surface area (Å²) in [6.07, 6.45) is 0.632. The lowest BCUT2D eigenvalue weighted by Gasteiger charge is -2.04. The molecule has 0 saturated carbocycles. The van der Waals surface area contributed by atoms with Crippen molar-refractivity contribution in [2.75, 3.05) is 6.61 Å². The summed E-state index contributed by atoms with van der Waals surface area (Å²) in [5.74, 6) is -0.292. The Bertz CT molecular complexity index is 120. The molecule has 0 spiro atoms. The number of hydrogen-bond acceptors (Lipinski definition) is 2. The van der Waals surface area contributed by atoms with Gasteiger partial charge in [0.25, 0.3) is 0 Å². The highest BCUT2D eigenvalue weighted by Crippen LogP contribution is 2.26. The van der Waals surface area contributed by atoms with Crippen molar-refractivity contribution in [3.63, 3.8) is 0 Å². The Kier molecular flexibility index (Phi) is 1.19. The van der Waals surface area contributed by atoms with E-state index in [2.05, 4.69) is 4.74 Å². The van der Waals surface area contributed by atoms with Gasteiger partial charge in [-0.15, -0.1) is 11.6 Å². The van der Waals surface area contributed by atoms with Crippen molar-refractivity contribution in [1.29, 1.82) is 0 Å². The van der Waals surface area contributed by atoms with Crippen LogP contribution in [0.4, 0.5) is 0 Å². The topological polar surface area (TPSA) is 26.3 Å². The molecular weight excluding hydrogens is 128 g/mol. The molecule has 1 atom stereocenters. The van der Waals surface area contributed by atoms with E-state index < -0.39 is 4.87 Å². The normalized spacial score (nSPS) is 37.5. The Morgan fingerprint density at radius 2 is 2.50 bits per heavy atom. The second kappa shape index (κ2) is 1.62. The van der Waals surface area contributed by atoms with Crippen molar-refractivity contribution in [1.82, 2.24) is 0 Å². The molecule has 0 aromatic rings. The Morgan fingerprint density at radius 1 is 1.88 bits per heavy atom. The van der Waals surface area contributed by atoms with Crippen LogP contribution in [-0.4, -0.2) is 17.5 Å². The van der Waals surface area contributed by atoms with Crippen molar-refractivity contribution in [2.24, 2.45) is 0 Å². The summed E-state index contributed by atoms with van der Waals surface area (Å²) in [6, 6.07) is 0. The van der Waals surface area contributed by atoms with E-state index in [-0.39, 0.29) is 5.97 Å². The van der Waals surface area contributed by atoms with Gasteiger partial charge in [-0.3, -0.25) is 4.79 Å². The largest absolute Gasteiger partial charge is 0.464 e. The predicted octanol–water partition coefficient (Wildman–Crippen LogP) is 0.931. The van der Waals surface area contributed by atoms with Gasteiger partial charge in [0, 0.05) is 6.42 Å². The van der Waals surface area contributed by atoms with Crippen LogP contribution in [0.2, 0.25) is 0 Å². The summed E-state index contributed by atoms with van der Waals surface area (Å²) >= 11 is 5.64. The minimum atomic E-state index is -0.736. The van der Waals surface area contributed by atoms with Crippen molar-refractivity contribution in [2.45, 2.75) is 18.2 Å². The SMILES string of the molecule is CC1(Cl)CCOC1=O. The summed E-state index contributed by atoms with van der Waals surface area (Å²) < 4.78 is 4.60. The summed E-state index contributed by atoms with van der Waals surface area (Å²) in [5, 5.41) is 0. The molecule has 1 rings (SSSR count). The molecule has 1 fully saturated rings. The van der Waals surface area contributed by atoms with Gasteiger partial charge >= 0.3 is 5.97 Å². The number of ether oxygens (including phenoxy) is 1. The third kappa shape index (κ3) is 0.802. The highest BCUT2D eigenvalue weighted by atomic mass is 35.5. The highest BCUT2D eigenvalue weighted by Gasteiger charge is 2.37. The van der Waals surface area contributed by atoms with Crippen LogP contribution in [0.5, 0.6) is 0 Å². The van der Waals surface area contributed by atoms with E-state index in [1.165, 1.54) is 0 Å². The number of carbonyl (C=O) groups excluding carboxylic acids is 1. The molecule has 0 aliphatic carbocycles. The number of carbonyl (C=O) groups is 1. The molecule has 0 bridgehead atoms. The third-order valence-electron chi connectivity index (χ3n) is 1.23. The first-order chi connectivity index (χ1) is 3.63. The van der Waals surface area contributed by atoms with Crippen LogP contribution in [0.3, 0.4) is 0 Å². The summed E-state index contributed by atoms with van der Waals surface area (Å²) in [6.45, 7) is 2.14. The van der Waals surface area contributed by atoms with Crippen LogP contribution in [0.1, 0.15) is 13.3 Å². The molecule has 1 aliphatic rings. The fraction of sp³-hybridized carbons (Fsp3) is 0.800. The van der Waals surface area contributed by atoms with Crippen molar-refractivity contribution < 1.29 is 9.53 Å². The summed E-state index contributed by atoms with van der Waals surface area (Å²) in [5.41, 5.74) is 0. The highest BCUT2D eigenvalue weighted by molar-refractivity contribution is 6.34. The van der Waals surface area contributed by atoms with Gasteiger partial charge in [0.2, 0.25) is 0 Å². The van der Waals surface area contributed by atoms with E-state index in [1.807, 2.05) is 0 Å². The zero-order valence-electron chi connectivity index (χ0n) is 4.61. The second-order valence-electron chi connectivity index (χ2n) is 2.08. The molecule has 0 aromatic carbocycles. The Hall–Kier alpha value is -0.240. The van der Waals surface area contributed by atoms with Gasteiger partial charge in [0.05, 0.1) is 6.61 Å². The zero-order valence-corrected chi connectivity index (χ0v) is 5.36. The second-order valence-corrected chi connectivity index (χ2v) is 2.92. The summed E-state index contributed by atoms with van der Waals surface area (Å²) in [4.78, 5) is 9.81. The number of esters is 1. The van der Waals surface area contributed by atoms with Crippen LogP contribution in [0.25, 0.3) is 0 Å². The molecule has 0 N–H and O–H groups in total. The maximum atomic E-state index is 10.5. The molecule has 1 heterocycles. The summed E-state index contributed by atoms with van der Waals surface area (Å²) in [7, 11) is 0. The Morgan fingerprint density at radius 3 is 2.62 bits per heavy atom. The first-order valence-corrected chi connectivity index (χ1v) is 2.87.